The maximum Gasteiger partial charge on any atom is 0.162 e. The van der Waals surface area contributed by atoms with E-state index in [1.54, 1.807) is 19.2 Å². The van der Waals surface area contributed by atoms with E-state index in [2.05, 4.69) is 18.7 Å². The average Bonchev–Trinajstić information content (AvgIpc) is 2.53. The van der Waals surface area contributed by atoms with Crippen LogP contribution in [0.5, 0.6) is 11.5 Å². The van der Waals surface area contributed by atoms with Crippen molar-refractivity contribution in [1.29, 1.82) is 5.26 Å². The maximum absolute atomic E-state index is 8.90. The smallest absolute Gasteiger partial charge is 0.162 e. The predicted octanol–water partition coefficient (Wildman–Crippen LogP) is 3.83. The van der Waals surface area contributed by atoms with Crippen molar-refractivity contribution >= 4 is 12.6 Å². The summed E-state index contributed by atoms with van der Waals surface area (Å²) in [5, 5.41) is 8.90. The fourth-order valence-corrected chi connectivity index (χ4v) is 3.14. The molecule has 1 aromatic rings. The van der Waals surface area contributed by atoms with Gasteiger partial charge in [-0.1, -0.05) is 19.3 Å². The topological polar surface area (TPSA) is 42.2 Å². The van der Waals surface area contributed by atoms with E-state index in [9.17, 15) is 0 Å². The molecule has 0 spiro atoms. The SMILES string of the molecule is COc1cc(C#N)ccc1OCC1(CS)CCCCC1. The van der Waals surface area contributed by atoms with Crippen molar-refractivity contribution in [2.45, 2.75) is 32.1 Å². The molecule has 0 saturated heterocycles. The highest BCUT2D eigenvalue weighted by atomic mass is 32.1. The molecule has 1 fully saturated rings. The van der Waals surface area contributed by atoms with E-state index >= 15 is 0 Å². The van der Waals surface area contributed by atoms with Crippen LogP contribution in [-0.4, -0.2) is 19.5 Å². The highest BCUT2D eigenvalue weighted by Crippen LogP contribution is 2.39. The number of nitriles is 1. The molecule has 0 aliphatic heterocycles. The monoisotopic (exact) mass is 291 g/mol. The maximum atomic E-state index is 8.90. The number of rotatable bonds is 5. The van der Waals surface area contributed by atoms with Gasteiger partial charge in [0.05, 0.1) is 25.3 Å². The third-order valence-electron chi connectivity index (χ3n) is 4.08. The number of nitrogens with zero attached hydrogens (tertiary/aromatic N) is 1. The highest BCUT2D eigenvalue weighted by molar-refractivity contribution is 7.80. The summed E-state index contributed by atoms with van der Waals surface area (Å²) in [6.45, 7) is 0.665. The number of hydrogen-bond acceptors (Lipinski definition) is 4. The molecule has 0 amide bonds. The van der Waals surface area contributed by atoms with E-state index in [-0.39, 0.29) is 5.41 Å². The number of methoxy groups -OCH3 is 1. The fourth-order valence-electron chi connectivity index (χ4n) is 2.74. The Morgan fingerprint density at radius 3 is 2.60 bits per heavy atom. The zero-order valence-corrected chi connectivity index (χ0v) is 12.8. The minimum Gasteiger partial charge on any atom is -0.493 e. The van der Waals surface area contributed by atoms with Gasteiger partial charge in [-0.2, -0.15) is 17.9 Å². The Morgan fingerprint density at radius 1 is 1.25 bits per heavy atom. The number of hydrogen-bond donors (Lipinski definition) is 1. The van der Waals surface area contributed by atoms with Gasteiger partial charge >= 0.3 is 0 Å². The first-order valence-corrected chi connectivity index (χ1v) is 7.68. The highest BCUT2D eigenvalue weighted by Gasteiger charge is 2.31. The lowest BCUT2D eigenvalue weighted by Crippen LogP contribution is -2.33. The van der Waals surface area contributed by atoms with E-state index in [1.807, 2.05) is 6.07 Å². The second-order valence-corrected chi connectivity index (χ2v) is 5.80. The standard InChI is InChI=1S/C16H21NO2S/c1-18-15-9-13(10-17)5-6-14(15)19-11-16(12-20)7-3-2-4-8-16/h5-6,9,20H,2-4,7-8,11-12H2,1H3. The normalized spacial score (nSPS) is 17.2. The summed E-state index contributed by atoms with van der Waals surface area (Å²) >= 11 is 4.52. The average molecular weight is 291 g/mol. The van der Waals surface area contributed by atoms with Crippen LogP contribution in [0.3, 0.4) is 0 Å². The minimum absolute atomic E-state index is 0.181. The van der Waals surface area contributed by atoms with Crippen LogP contribution in [0.4, 0.5) is 0 Å². The van der Waals surface area contributed by atoms with E-state index < -0.39 is 0 Å². The Morgan fingerprint density at radius 2 is 2.00 bits per heavy atom. The Kier molecular flexibility index (Phi) is 5.19. The van der Waals surface area contributed by atoms with E-state index in [4.69, 9.17) is 14.7 Å². The quantitative estimate of drug-likeness (QED) is 0.838. The number of ether oxygens (including phenoxy) is 2. The molecular weight excluding hydrogens is 270 g/mol. The molecule has 0 aromatic heterocycles. The third-order valence-corrected chi connectivity index (χ3v) is 4.75. The first kappa shape index (κ1) is 15.1. The molecular formula is C16H21NO2S. The first-order valence-electron chi connectivity index (χ1n) is 7.05. The van der Waals surface area contributed by atoms with Gasteiger partial charge in [-0.25, -0.2) is 0 Å². The van der Waals surface area contributed by atoms with Gasteiger partial charge in [-0.05, 0) is 30.7 Å². The molecule has 0 radical (unpaired) electrons. The second-order valence-electron chi connectivity index (χ2n) is 5.48. The molecule has 2 rings (SSSR count). The molecule has 1 aromatic carbocycles. The lowest BCUT2D eigenvalue weighted by Gasteiger charge is -2.35. The van der Waals surface area contributed by atoms with Crippen LogP contribution in [0.1, 0.15) is 37.7 Å². The zero-order valence-electron chi connectivity index (χ0n) is 11.9. The van der Waals surface area contributed by atoms with Gasteiger partial charge in [0, 0.05) is 11.5 Å². The van der Waals surface area contributed by atoms with Crippen LogP contribution in [-0.2, 0) is 0 Å². The summed E-state index contributed by atoms with van der Waals surface area (Å²) < 4.78 is 11.3. The molecule has 0 heterocycles. The molecule has 1 aliphatic carbocycles. The summed E-state index contributed by atoms with van der Waals surface area (Å²) in [7, 11) is 1.60. The molecule has 108 valence electrons. The Labute approximate surface area is 126 Å². The van der Waals surface area contributed by atoms with Crippen LogP contribution in [0.25, 0.3) is 0 Å². The molecule has 4 heteroatoms. The molecule has 0 atom stereocenters. The third kappa shape index (κ3) is 3.40. The van der Waals surface area contributed by atoms with Gasteiger partial charge in [0.2, 0.25) is 0 Å². The largest absolute Gasteiger partial charge is 0.493 e. The number of benzene rings is 1. The van der Waals surface area contributed by atoms with Gasteiger partial charge < -0.3 is 9.47 Å². The molecule has 3 nitrogen and oxygen atoms in total. The first-order chi connectivity index (χ1) is 9.73. The molecule has 0 unspecified atom stereocenters. The van der Waals surface area contributed by atoms with E-state index in [0.29, 0.717) is 23.7 Å². The van der Waals surface area contributed by atoms with E-state index in [1.165, 1.54) is 32.1 Å². The summed E-state index contributed by atoms with van der Waals surface area (Å²) in [6, 6.07) is 7.39. The van der Waals surface area contributed by atoms with Crippen molar-refractivity contribution in [3.05, 3.63) is 23.8 Å². The van der Waals surface area contributed by atoms with E-state index in [0.717, 1.165) is 5.75 Å². The Bertz CT molecular complexity index is 490. The molecule has 20 heavy (non-hydrogen) atoms. The molecule has 0 bridgehead atoms. The lowest BCUT2D eigenvalue weighted by atomic mass is 9.76. The summed E-state index contributed by atoms with van der Waals surface area (Å²) in [5.74, 6) is 2.18. The Balaban J connectivity index is 2.08. The Hall–Kier alpha value is -1.34. The second kappa shape index (κ2) is 6.90. The number of thiol groups is 1. The summed E-state index contributed by atoms with van der Waals surface area (Å²) in [5.41, 5.74) is 0.760. The van der Waals surface area contributed by atoms with Crippen LogP contribution in [0.2, 0.25) is 0 Å². The predicted molar refractivity (Wildman–Crippen MR) is 82.6 cm³/mol. The van der Waals surface area contributed by atoms with Crippen molar-refractivity contribution in [2.75, 3.05) is 19.5 Å². The summed E-state index contributed by atoms with van der Waals surface area (Å²) in [6.07, 6.45) is 6.18. The zero-order chi connectivity index (χ0) is 14.4. The van der Waals surface area contributed by atoms with Crippen molar-refractivity contribution in [1.82, 2.24) is 0 Å². The van der Waals surface area contributed by atoms with Crippen molar-refractivity contribution in [3.8, 4) is 17.6 Å². The van der Waals surface area contributed by atoms with Crippen LogP contribution < -0.4 is 9.47 Å². The van der Waals surface area contributed by atoms with Gasteiger partial charge in [0.1, 0.15) is 0 Å². The van der Waals surface area contributed by atoms with Gasteiger partial charge in [-0.3, -0.25) is 0 Å². The van der Waals surface area contributed by atoms with Gasteiger partial charge in [0.25, 0.3) is 0 Å². The van der Waals surface area contributed by atoms with Crippen molar-refractivity contribution in [3.63, 3.8) is 0 Å². The van der Waals surface area contributed by atoms with Gasteiger partial charge in [0.15, 0.2) is 11.5 Å². The molecule has 0 N–H and O–H groups in total. The fraction of sp³-hybridized carbons (Fsp3) is 0.562. The summed E-state index contributed by atoms with van der Waals surface area (Å²) in [4.78, 5) is 0. The van der Waals surface area contributed by atoms with Gasteiger partial charge in [-0.15, -0.1) is 0 Å². The molecule has 1 saturated carbocycles. The molecule has 1 aliphatic rings. The van der Waals surface area contributed by atoms with Crippen molar-refractivity contribution in [2.24, 2.45) is 5.41 Å². The van der Waals surface area contributed by atoms with Crippen LogP contribution >= 0.6 is 12.6 Å². The van der Waals surface area contributed by atoms with Crippen molar-refractivity contribution < 1.29 is 9.47 Å². The minimum atomic E-state index is 0.181. The van der Waals surface area contributed by atoms with Crippen LogP contribution in [0, 0.1) is 16.7 Å². The lowest BCUT2D eigenvalue weighted by molar-refractivity contribution is 0.118. The van der Waals surface area contributed by atoms with Crippen LogP contribution in [0.15, 0.2) is 18.2 Å².